The minimum absolute atomic E-state index is 0.109. The van der Waals surface area contributed by atoms with Crippen molar-refractivity contribution in [2.45, 2.75) is 31.7 Å². The number of benzene rings is 1. The van der Waals surface area contributed by atoms with Crippen LogP contribution in [0.15, 0.2) is 60.0 Å². The number of anilines is 1. The molecule has 0 fully saturated rings. The van der Waals surface area contributed by atoms with Gasteiger partial charge in [-0.2, -0.15) is 0 Å². The predicted octanol–water partition coefficient (Wildman–Crippen LogP) is 3.74. The number of nitrogens with zero attached hydrogens (tertiary/aromatic N) is 4. The van der Waals surface area contributed by atoms with Gasteiger partial charge in [-0.05, 0) is 43.7 Å². The summed E-state index contributed by atoms with van der Waals surface area (Å²) in [6.45, 7) is 3.85. The fraction of sp³-hybridized carbons (Fsp3) is 0.154. The lowest BCUT2D eigenvalue weighted by Crippen LogP contribution is -2.16. The smallest absolute Gasteiger partial charge is 0.264 e. The molecule has 0 saturated carbocycles. The zero-order chi connectivity index (χ0) is 26.6. The van der Waals surface area contributed by atoms with Gasteiger partial charge in [0, 0.05) is 36.1 Å². The second kappa shape index (κ2) is 10.8. The van der Waals surface area contributed by atoms with Crippen LogP contribution in [0, 0.1) is 30.4 Å². The van der Waals surface area contributed by atoms with Crippen molar-refractivity contribution in [1.82, 2.24) is 19.9 Å². The standard InChI is InChI=1S/C26H22F2N6O2S/c1-3-23-21(26(33-15-32-23)18-5-7-20(12-29)31-14-18)8-4-17-10-24(16(2)30-13-17)34-37(35,36)25-9-6-19(27)11-22(25)28/h5-7,9-11,13-15,34H,3,12,29H2,1-2H3. The molecule has 0 spiro atoms. The summed E-state index contributed by atoms with van der Waals surface area (Å²) in [5.41, 5.74) is 9.91. The molecule has 11 heteroatoms. The maximum absolute atomic E-state index is 14.1. The molecule has 0 atom stereocenters. The Morgan fingerprint density at radius 3 is 2.49 bits per heavy atom. The van der Waals surface area contributed by atoms with Crippen LogP contribution in [0.4, 0.5) is 14.5 Å². The quantitative estimate of drug-likeness (QED) is 0.371. The number of hydrogen-bond acceptors (Lipinski definition) is 7. The number of hydrogen-bond donors (Lipinski definition) is 2. The first-order chi connectivity index (χ1) is 17.7. The van der Waals surface area contributed by atoms with Gasteiger partial charge in [-0.15, -0.1) is 0 Å². The molecule has 0 bridgehead atoms. The molecule has 3 heterocycles. The van der Waals surface area contributed by atoms with Gasteiger partial charge in [-0.1, -0.05) is 18.8 Å². The highest BCUT2D eigenvalue weighted by Gasteiger charge is 2.21. The van der Waals surface area contributed by atoms with E-state index in [0.29, 0.717) is 41.5 Å². The van der Waals surface area contributed by atoms with Gasteiger partial charge >= 0.3 is 0 Å². The Labute approximate surface area is 213 Å². The summed E-state index contributed by atoms with van der Waals surface area (Å²) in [7, 11) is -4.34. The fourth-order valence-corrected chi connectivity index (χ4v) is 4.63. The van der Waals surface area contributed by atoms with Crippen molar-refractivity contribution >= 4 is 15.7 Å². The Hall–Kier alpha value is -4.27. The SMILES string of the molecule is CCc1ncnc(-c2ccc(CN)nc2)c1C#Cc1cnc(C)c(NS(=O)(=O)c2ccc(F)cc2F)c1. The van der Waals surface area contributed by atoms with E-state index in [2.05, 4.69) is 36.5 Å². The summed E-state index contributed by atoms with van der Waals surface area (Å²) < 4.78 is 55.1. The lowest BCUT2D eigenvalue weighted by Gasteiger charge is -2.11. The van der Waals surface area contributed by atoms with Crippen LogP contribution in [0.3, 0.4) is 0 Å². The van der Waals surface area contributed by atoms with E-state index in [1.54, 1.807) is 13.1 Å². The monoisotopic (exact) mass is 520 g/mol. The Kier molecular flexibility index (Phi) is 7.52. The predicted molar refractivity (Wildman–Crippen MR) is 135 cm³/mol. The topological polar surface area (TPSA) is 124 Å². The van der Waals surface area contributed by atoms with Crippen LogP contribution in [0.5, 0.6) is 0 Å². The summed E-state index contributed by atoms with van der Waals surface area (Å²) in [6.07, 6.45) is 5.23. The third kappa shape index (κ3) is 5.77. The van der Waals surface area contributed by atoms with Crippen LogP contribution in [-0.2, 0) is 23.0 Å². The Bertz CT molecular complexity index is 1630. The Balaban J connectivity index is 1.71. The number of nitrogens with two attached hydrogens (primary N) is 1. The molecule has 4 aromatic rings. The van der Waals surface area contributed by atoms with Crippen LogP contribution in [0.25, 0.3) is 11.3 Å². The number of aryl methyl sites for hydroxylation is 2. The van der Waals surface area contributed by atoms with Gasteiger partial charge in [-0.3, -0.25) is 14.7 Å². The number of pyridine rings is 2. The molecule has 4 rings (SSSR count). The molecule has 0 aliphatic rings. The molecular weight excluding hydrogens is 498 g/mol. The largest absolute Gasteiger partial charge is 0.325 e. The number of nitrogens with one attached hydrogen (secondary N) is 1. The van der Waals surface area contributed by atoms with Crippen LogP contribution >= 0.6 is 0 Å². The molecule has 188 valence electrons. The van der Waals surface area contributed by atoms with E-state index in [0.717, 1.165) is 29.1 Å². The third-order valence-electron chi connectivity index (χ3n) is 5.41. The van der Waals surface area contributed by atoms with Gasteiger partial charge in [0.25, 0.3) is 10.0 Å². The van der Waals surface area contributed by atoms with Crippen molar-refractivity contribution < 1.29 is 17.2 Å². The number of rotatable bonds is 6. The molecule has 1 aromatic carbocycles. The summed E-state index contributed by atoms with van der Waals surface area (Å²) in [4.78, 5) is 16.6. The van der Waals surface area contributed by atoms with Gasteiger partial charge in [0.15, 0.2) is 0 Å². The molecule has 0 unspecified atom stereocenters. The lowest BCUT2D eigenvalue weighted by atomic mass is 10.0. The first kappa shape index (κ1) is 25.8. The van der Waals surface area contributed by atoms with Crippen LogP contribution < -0.4 is 10.5 Å². The molecular formula is C26H22F2N6O2S. The second-order valence-electron chi connectivity index (χ2n) is 7.93. The van der Waals surface area contributed by atoms with E-state index in [1.165, 1.54) is 18.6 Å². The highest BCUT2D eigenvalue weighted by Crippen LogP contribution is 2.24. The van der Waals surface area contributed by atoms with Crippen LogP contribution in [0.2, 0.25) is 0 Å². The molecule has 0 amide bonds. The third-order valence-corrected chi connectivity index (χ3v) is 6.81. The molecule has 37 heavy (non-hydrogen) atoms. The number of aromatic nitrogens is 4. The first-order valence-electron chi connectivity index (χ1n) is 11.2. The summed E-state index contributed by atoms with van der Waals surface area (Å²) in [6, 6.07) is 7.39. The lowest BCUT2D eigenvalue weighted by molar-refractivity contribution is 0.551. The second-order valence-corrected chi connectivity index (χ2v) is 9.58. The Morgan fingerprint density at radius 1 is 1.00 bits per heavy atom. The molecule has 0 radical (unpaired) electrons. The van der Waals surface area contributed by atoms with Gasteiger partial charge in [-0.25, -0.2) is 27.2 Å². The molecule has 0 aliphatic carbocycles. The van der Waals surface area contributed by atoms with E-state index in [-0.39, 0.29) is 5.69 Å². The zero-order valence-electron chi connectivity index (χ0n) is 20.0. The van der Waals surface area contributed by atoms with E-state index in [4.69, 9.17) is 5.73 Å². The maximum Gasteiger partial charge on any atom is 0.264 e. The van der Waals surface area contributed by atoms with Gasteiger partial charge < -0.3 is 5.73 Å². The molecule has 8 nitrogen and oxygen atoms in total. The minimum atomic E-state index is -4.34. The average molecular weight is 521 g/mol. The molecule has 3 aromatic heterocycles. The normalized spacial score (nSPS) is 11.1. The van der Waals surface area contributed by atoms with Crippen LogP contribution in [-0.4, -0.2) is 28.4 Å². The fourth-order valence-electron chi connectivity index (χ4n) is 3.46. The van der Waals surface area contributed by atoms with Gasteiger partial charge in [0.05, 0.1) is 34.0 Å². The van der Waals surface area contributed by atoms with Crippen molar-refractivity contribution in [3.05, 3.63) is 95.0 Å². The van der Waals surface area contributed by atoms with Crippen molar-refractivity contribution in [3.8, 4) is 23.1 Å². The van der Waals surface area contributed by atoms with E-state index in [9.17, 15) is 17.2 Å². The highest BCUT2D eigenvalue weighted by atomic mass is 32.2. The number of sulfonamides is 1. The zero-order valence-corrected chi connectivity index (χ0v) is 20.8. The van der Waals surface area contributed by atoms with Gasteiger partial charge in [0.2, 0.25) is 0 Å². The first-order valence-corrected chi connectivity index (χ1v) is 12.7. The van der Waals surface area contributed by atoms with E-state index < -0.39 is 26.6 Å². The van der Waals surface area contributed by atoms with Crippen molar-refractivity contribution in [1.29, 1.82) is 0 Å². The van der Waals surface area contributed by atoms with Gasteiger partial charge in [0.1, 0.15) is 22.9 Å². The summed E-state index contributed by atoms with van der Waals surface area (Å²) in [5, 5.41) is 0. The summed E-state index contributed by atoms with van der Waals surface area (Å²) >= 11 is 0. The van der Waals surface area contributed by atoms with Crippen LogP contribution in [0.1, 0.15) is 35.1 Å². The molecule has 3 N–H and O–H groups in total. The van der Waals surface area contributed by atoms with Crippen molar-refractivity contribution in [3.63, 3.8) is 0 Å². The van der Waals surface area contributed by atoms with Crippen molar-refractivity contribution in [2.24, 2.45) is 5.73 Å². The maximum atomic E-state index is 14.1. The summed E-state index contributed by atoms with van der Waals surface area (Å²) in [5.74, 6) is 3.99. The minimum Gasteiger partial charge on any atom is -0.325 e. The number of halogens is 2. The van der Waals surface area contributed by atoms with E-state index >= 15 is 0 Å². The average Bonchev–Trinajstić information content (AvgIpc) is 2.88. The van der Waals surface area contributed by atoms with Crippen molar-refractivity contribution in [2.75, 3.05) is 4.72 Å². The molecule has 0 saturated heterocycles. The highest BCUT2D eigenvalue weighted by molar-refractivity contribution is 7.92. The Morgan fingerprint density at radius 2 is 1.81 bits per heavy atom. The molecule has 0 aliphatic heterocycles. The van der Waals surface area contributed by atoms with E-state index in [1.807, 2.05) is 19.1 Å².